The molecule has 0 aliphatic rings. The van der Waals surface area contributed by atoms with Crippen molar-refractivity contribution in [2.45, 2.75) is 13.8 Å². The molecule has 0 atom stereocenters. The van der Waals surface area contributed by atoms with Crippen molar-refractivity contribution in [3.8, 4) is 17.3 Å². The first-order valence-electron chi connectivity index (χ1n) is 8.43. The van der Waals surface area contributed by atoms with E-state index in [1.807, 2.05) is 6.19 Å². The molecule has 0 spiro atoms. The Balaban J connectivity index is 2.71. The second-order valence-electron chi connectivity index (χ2n) is 5.80. The number of thioether (sulfide) groups is 1. The van der Waals surface area contributed by atoms with Crippen molar-refractivity contribution in [1.82, 2.24) is 10.3 Å². The Morgan fingerprint density at radius 3 is 2.00 bits per heavy atom. The van der Waals surface area contributed by atoms with Crippen molar-refractivity contribution in [1.29, 1.82) is 5.26 Å². The van der Waals surface area contributed by atoms with Gasteiger partial charge in [-0.2, -0.15) is 5.26 Å². The van der Waals surface area contributed by atoms with E-state index in [0.717, 1.165) is 0 Å². The molecule has 8 nitrogen and oxygen atoms in total. The largest absolute Gasteiger partial charge is 0.465 e. The summed E-state index contributed by atoms with van der Waals surface area (Å²) < 4.78 is 9.82. The molecule has 0 fully saturated rings. The van der Waals surface area contributed by atoms with E-state index in [0.29, 0.717) is 33.4 Å². The van der Waals surface area contributed by atoms with Crippen LogP contribution in [0.25, 0.3) is 11.1 Å². The summed E-state index contributed by atoms with van der Waals surface area (Å²) in [7, 11) is 2.54. The Kier molecular flexibility index (Phi) is 7.33. The van der Waals surface area contributed by atoms with E-state index in [4.69, 9.17) is 14.7 Å². The summed E-state index contributed by atoms with van der Waals surface area (Å²) in [5, 5.41) is 11.7. The number of aryl methyl sites for hydroxylation is 2. The van der Waals surface area contributed by atoms with E-state index in [2.05, 4.69) is 15.3 Å². The zero-order valence-electron chi connectivity index (χ0n) is 16.7. The fourth-order valence-electron chi connectivity index (χ4n) is 2.83. The summed E-state index contributed by atoms with van der Waals surface area (Å²) in [5.41, 5.74) is 2.89. The minimum atomic E-state index is -0.597. The molecule has 0 aliphatic heterocycles. The van der Waals surface area contributed by atoms with E-state index in [-0.39, 0.29) is 11.1 Å². The smallest absolute Gasteiger partial charge is 0.340 e. The van der Waals surface area contributed by atoms with Gasteiger partial charge in [0.2, 0.25) is 0 Å². The number of aliphatic imine (C=N–C) groups is 1. The number of carbonyl (C=O) groups is 2. The van der Waals surface area contributed by atoms with Crippen molar-refractivity contribution in [2.24, 2.45) is 4.99 Å². The van der Waals surface area contributed by atoms with Crippen LogP contribution in [0.2, 0.25) is 0 Å². The Hall–Kier alpha value is -3.38. The Morgan fingerprint density at radius 2 is 1.59 bits per heavy atom. The molecule has 1 heterocycles. The zero-order chi connectivity index (χ0) is 21.6. The highest BCUT2D eigenvalue weighted by molar-refractivity contribution is 8.13. The predicted octanol–water partition coefficient (Wildman–Crippen LogP) is 3.36. The molecule has 0 radical (unpaired) electrons. The topological polar surface area (TPSA) is 114 Å². The molecule has 0 saturated heterocycles. The number of hydrogen-bond acceptors (Lipinski definition) is 8. The minimum absolute atomic E-state index is 0.200. The summed E-state index contributed by atoms with van der Waals surface area (Å²) in [4.78, 5) is 33.6. The molecule has 2 aromatic rings. The molecule has 1 aromatic heterocycles. The van der Waals surface area contributed by atoms with Gasteiger partial charge < -0.3 is 9.47 Å². The van der Waals surface area contributed by atoms with E-state index in [9.17, 15) is 9.59 Å². The van der Waals surface area contributed by atoms with Crippen LogP contribution in [-0.4, -0.2) is 42.6 Å². The van der Waals surface area contributed by atoms with Crippen LogP contribution in [0.5, 0.6) is 0 Å². The summed E-state index contributed by atoms with van der Waals surface area (Å²) in [6, 6.07) is 6.90. The summed E-state index contributed by atoms with van der Waals surface area (Å²) in [6.07, 6.45) is 3.63. The number of amidine groups is 1. The number of hydrogen-bond donors (Lipinski definition) is 1. The molecule has 29 heavy (non-hydrogen) atoms. The summed E-state index contributed by atoms with van der Waals surface area (Å²) in [6.45, 7) is 3.36. The van der Waals surface area contributed by atoms with Crippen LogP contribution in [-0.2, 0) is 9.47 Å². The lowest BCUT2D eigenvalue weighted by Crippen LogP contribution is -2.16. The van der Waals surface area contributed by atoms with Gasteiger partial charge in [0, 0.05) is 5.56 Å². The molecule has 0 unspecified atom stereocenters. The number of aromatic nitrogens is 1. The molecule has 150 valence electrons. The first kappa shape index (κ1) is 21.9. The Morgan fingerprint density at radius 1 is 1.07 bits per heavy atom. The average Bonchev–Trinajstić information content (AvgIpc) is 2.72. The standard InChI is InChI=1S/C20H20N4O4S/c1-11-15(18(25)27-3)17(16(12(2)23-11)19(26)28-4)13-6-8-14(9-7-13)24-20(29-5)22-10-21/h6-9H,1-5H3,(H,22,24). The molecular formula is C20H20N4O4S. The Labute approximate surface area is 173 Å². The molecule has 1 N–H and O–H groups in total. The van der Waals surface area contributed by atoms with Crippen LogP contribution in [0.15, 0.2) is 29.3 Å². The second-order valence-corrected chi connectivity index (χ2v) is 6.59. The van der Waals surface area contributed by atoms with Crippen LogP contribution < -0.4 is 5.32 Å². The van der Waals surface area contributed by atoms with Gasteiger partial charge in [0.05, 0.1) is 42.4 Å². The van der Waals surface area contributed by atoms with Gasteiger partial charge in [-0.25, -0.2) is 14.6 Å². The van der Waals surface area contributed by atoms with Gasteiger partial charge in [0.1, 0.15) is 0 Å². The van der Waals surface area contributed by atoms with Crippen molar-refractivity contribution < 1.29 is 19.1 Å². The van der Waals surface area contributed by atoms with Crippen LogP contribution in [0.1, 0.15) is 32.1 Å². The third-order valence-electron chi connectivity index (χ3n) is 4.08. The molecule has 9 heteroatoms. The maximum absolute atomic E-state index is 12.4. The lowest BCUT2D eigenvalue weighted by atomic mass is 9.92. The second kappa shape index (κ2) is 9.71. The fraction of sp³-hybridized carbons (Fsp3) is 0.250. The number of nitrogens with zero attached hydrogens (tertiary/aromatic N) is 3. The van der Waals surface area contributed by atoms with Crippen LogP contribution >= 0.6 is 11.8 Å². The third-order valence-corrected chi connectivity index (χ3v) is 4.66. The fourth-order valence-corrected chi connectivity index (χ4v) is 3.18. The molecule has 0 saturated carbocycles. The number of nitriles is 1. The van der Waals surface area contributed by atoms with E-state index in [1.54, 1.807) is 44.4 Å². The lowest BCUT2D eigenvalue weighted by molar-refractivity contribution is 0.0599. The predicted molar refractivity (Wildman–Crippen MR) is 111 cm³/mol. The van der Waals surface area contributed by atoms with E-state index < -0.39 is 11.9 Å². The number of rotatable bonds is 4. The minimum Gasteiger partial charge on any atom is -0.465 e. The lowest BCUT2D eigenvalue weighted by Gasteiger charge is -2.17. The van der Waals surface area contributed by atoms with Crippen molar-refractivity contribution in [2.75, 3.05) is 20.5 Å². The van der Waals surface area contributed by atoms with Gasteiger partial charge in [-0.05, 0) is 37.8 Å². The van der Waals surface area contributed by atoms with Gasteiger partial charge in [-0.1, -0.05) is 23.9 Å². The number of benzene rings is 1. The van der Waals surface area contributed by atoms with Crippen molar-refractivity contribution >= 4 is 34.6 Å². The number of carbonyl (C=O) groups excluding carboxylic acids is 2. The van der Waals surface area contributed by atoms with Gasteiger partial charge in [0.25, 0.3) is 0 Å². The molecule has 2 rings (SSSR count). The highest BCUT2D eigenvalue weighted by Gasteiger charge is 2.27. The van der Waals surface area contributed by atoms with Gasteiger partial charge in [0.15, 0.2) is 11.4 Å². The molecular weight excluding hydrogens is 392 g/mol. The zero-order valence-corrected chi connectivity index (χ0v) is 17.5. The number of ether oxygens (including phenoxy) is 2. The van der Waals surface area contributed by atoms with Crippen molar-refractivity contribution in [3.05, 3.63) is 46.8 Å². The molecule has 0 bridgehead atoms. The molecule has 1 aromatic carbocycles. The first-order valence-corrected chi connectivity index (χ1v) is 9.66. The number of pyridine rings is 1. The average molecular weight is 412 g/mol. The van der Waals surface area contributed by atoms with Crippen LogP contribution in [0.4, 0.5) is 5.69 Å². The maximum atomic E-state index is 12.4. The van der Waals surface area contributed by atoms with Crippen LogP contribution in [0, 0.1) is 25.3 Å². The summed E-state index contributed by atoms with van der Waals surface area (Å²) in [5.74, 6) is -1.19. The third kappa shape index (κ3) is 4.73. The van der Waals surface area contributed by atoms with Gasteiger partial charge in [-0.3, -0.25) is 10.3 Å². The van der Waals surface area contributed by atoms with Gasteiger partial charge in [-0.15, -0.1) is 0 Å². The summed E-state index contributed by atoms with van der Waals surface area (Å²) >= 11 is 1.30. The molecule has 0 aliphatic carbocycles. The van der Waals surface area contributed by atoms with Crippen molar-refractivity contribution in [3.63, 3.8) is 0 Å². The van der Waals surface area contributed by atoms with Crippen LogP contribution in [0.3, 0.4) is 0 Å². The van der Waals surface area contributed by atoms with Gasteiger partial charge >= 0.3 is 11.9 Å². The number of nitrogens with one attached hydrogen (secondary N) is 1. The number of esters is 2. The van der Waals surface area contributed by atoms with E-state index >= 15 is 0 Å². The maximum Gasteiger partial charge on any atom is 0.340 e. The first-order chi connectivity index (χ1) is 13.9. The quantitative estimate of drug-likeness (QED) is 0.267. The SMILES string of the molecule is COC(=O)c1c(C)nc(C)c(C(=O)OC)c1-c1ccc(N=C(NC#N)SC)cc1. The normalized spacial score (nSPS) is 10.8. The monoisotopic (exact) mass is 412 g/mol. The molecule has 0 amide bonds. The number of methoxy groups -OCH3 is 2. The Bertz CT molecular complexity index is 970. The highest BCUT2D eigenvalue weighted by Crippen LogP contribution is 2.33. The van der Waals surface area contributed by atoms with E-state index in [1.165, 1.54) is 26.0 Å². The highest BCUT2D eigenvalue weighted by atomic mass is 32.2.